The fraction of sp³-hybridized carbons (Fsp3) is 0.938. The van der Waals surface area contributed by atoms with Crippen LogP contribution in [0.2, 0.25) is 0 Å². The molecule has 108 valence electrons. The van der Waals surface area contributed by atoms with E-state index in [-0.39, 0.29) is 11.5 Å². The Bertz CT molecular complexity index is 396. The molecule has 2 aliphatic carbocycles. The van der Waals surface area contributed by atoms with Gasteiger partial charge in [-0.05, 0) is 49.9 Å². The predicted octanol–water partition coefficient (Wildman–Crippen LogP) is 3.24. The second-order valence-corrected chi connectivity index (χ2v) is 7.78. The van der Waals surface area contributed by atoms with Gasteiger partial charge in [-0.3, -0.25) is 0 Å². The number of nitriles is 1. The average Bonchev–Trinajstić information content (AvgIpc) is 2.61. The Kier molecular flexibility index (Phi) is 3.48. The second kappa shape index (κ2) is 4.46. The zero-order valence-corrected chi connectivity index (χ0v) is 13.0. The van der Waals surface area contributed by atoms with Gasteiger partial charge in [0, 0.05) is 6.42 Å². The van der Waals surface area contributed by atoms with E-state index in [4.69, 9.17) is 15.7 Å². The van der Waals surface area contributed by atoms with Crippen molar-refractivity contribution in [3.8, 4) is 6.07 Å². The Balaban J connectivity index is 2.01. The van der Waals surface area contributed by atoms with Gasteiger partial charge in [-0.2, -0.15) is 5.26 Å². The summed E-state index contributed by atoms with van der Waals surface area (Å²) in [5, 5.41) is 9.01. The number of nitrogens with zero attached hydrogens (tertiary/aromatic N) is 1. The first-order valence-corrected chi connectivity index (χ1v) is 7.48. The van der Waals surface area contributed by atoms with Gasteiger partial charge >= 0.3 is 0 Å². The fourth-order valence-electron chi connectivity index (χ4n) is 4.31. The normalized spacial score (nSPS) is 40.7. The van der Waals surface area contributed by atoms with E-state index < -0.39 is 5.54 Å². The minimum absolute atomic E-state index is 0.0478. The lowest BCUT2D eigenvalue weighted by Gasteiger charge is -2.40. The molecule has 2 bridgehead atoms. The van der Waals surface area contributed by atoms with Crippen LogP contribution in [0.4, 0.5) is 0 Å². The number of rotatable bonds is 4. The van der Waals surface area contributed by atoms with E-state index in [2.05, 4.69) is 26.8 Å². The van der Waals surface area contributed by atoms with Gasteiger partial charge in [0.25, 0.3) is 0 Å². The molecule has 0 heterocycles. The predicted molar refractivity (Wildman–Crippen MR) is 76.4 cm³/mol. The largest absolute Gasteiger partial charge is 0.375 e. The molecule has 2 N–H and O–H groups in total. The van der Waals surface area contributed by atoms with Gasteiger partial charge in [-0.15, -0.1) is 0 Å². The first-order chi connectivity index (χ1) is 8.62. The van der Waals surface area contributed by atoms with Gasteiger partial charge in [0.1, 0.15) is 5.54 Å². The summed E-state index contributed by atoms with van der Waals surface area (Å²) in [6.45, 7) is 11.0. The Labute approximate surface area is 117 Å². The van der Waals surface area contributed by atoms with E-state index in [0.29, 0.717) is 17.9 Å². The Morgan fingerprint density at radius 3 is 2.53 bits per heavy atom. The molecule has 0 radical (unpaired) electrons. The number of hydrogen-bond acceptors (Lipinski definition) is 3. The van der Waals surface area contributed by atoms with Crippen LogP contribution in [0, 0.1) is 28.1 Å². The molecule has 0 aromatic heterocycles. The minimum Gasteiger partial charge on any atom is -0.375 e. The third-order valence-electron chi connectivity index (χ3n) is 6.08. The van der Waals surface area contributed by atoms with Crippen LogP contribution in [0.25, 0.3) is 0 Å². The van der Waals surface area contributed by atoms with Crippen molar-refractivity contribution in [3.63, 3.8) is 0 Å². The average molecular weight is 264 g/mol. The van der Waals surface area contributed by atoms with E-state index in [0.717, 1.165) is 5.92 Å². The van der Waals surface area contributed by atoms with Crippen molar-refractivity contribution in [2.75, 3.05) is 0 Å². The van der Waals surface area contributed by atoms with Crippen molar-refractivity contribution >= 4 is 0 Å². The second-order valence-electron chi connectivity index (χ2n) is 7.78. The molecule has 0 aromatic carbocycles. The summed E-state index contributed by atoms with van der Waals surface area (Å²) in [7, 11) is 0. The van der Waals surface area contributed by atoms with Crippen LogP contribution in [0.5, 0.6) is 0 Å². The molecule has 2 aliphatic rings. The lowest BCUT2D eigenvalue weighted by atomic mass is 9.70. The van der Waals surface area contributed by atoms with Crippen molar-refractivity contribution in [2.45, 2.75) is 78.0 Å². The van der Waals surface area contributed by atoms with Gasteiger partial charge in [-0.1, -0.05) is 20.8 Å². The highest BCUT2D eigenvalue weighted by molar-refractivity contribution is 5.11. The maximum Gasteiger partial charge on any atom is 0.103 e. The van der Waals surface area contributed by atoms with Gasteiger partial charge in [0.15, 0.2) is 0 Å². The lowest BCUT2D eigenvalue weighted by Crippen LogP contribution is -2.42. The molecule has 2 fully saturated rings. The van der Waals surface area contributed by atoms with E-state index >= 15 is 0 Å². The maximum absolute atomic E-state index is 9.01. The minimum atomic E-state index is -0.784. The topological polar surface area (TPSA) is 59.0 Å². The molecule has 3 nitrogen and oxygen atoms in total. The summed E-state index contributed by atoms with van der Waals surface area (Å²) in [5.41, 5.74) is 5.78. The Hall–Kier alpha value is -0.590. The third-order valence-corrected chi connectivity index (χ3v) is 6.08. The molecule has 0 aromatic rings. The van der Waals surface area contributed by atoms with E-state index in [1.165, 1.54) is 19.3 Å². The smallest absolute Gasteiger partial charge is 0.103 e. The molecule has 5 unspecified atom stereocenters. The molecular weight excluding hydrogens is 236 g/mol. The van der Waals surface area contributed by atoms with Crippen molar-refractivity contribution in [1.29, 1.82) is 5.26 Å². The van der Waals surface area contributed by atoms with E-state index in [1.807, 2.05) is 6.92 Å². The molecule has 0 amide bonds. The summed E-state index contributed by atoms with van der Waals surface area (Å²) in [6.07, 6.45) is 4.74. The van der Waals surface area contributed by atoms with Crippen molar-refractivity contribution in [2.24, 2.45) is 22.5 Å². The molecule has 0 aliphatic heterocycles. The standard InChI is InChI=1S/C16H28N2O/c1-11(9-15(4,18)10-17)19-13-8-12-6-7-16(13,5)14(12,2)3/h11-13H,6-9,18H2,1-5H3. The zero-order valence-electron chi connectivity index (χ0n) is 13.0. The van der Waals surface area contributed by atoms with Crippen molar-refractivity contribution < 1.29 is 4.74 Å². The van der Waals surface area contributed by atoms with Crippen LogP contribution in [0.1, 0.15) is 60.3 Å². The molecule has 19 heavy (non-hydrogen) atoms. The van der Waals surface area contributed by atoms with Crippen LogP contribution in [-0.2, 0) is 4.74 Å². The van der Waals surface area contributed by atoms with Gasteiger partial charge in [0.05, 0.1) is 18.3 Å². The highest BCUT2D eigenvalue weighted by Gasteiger charge is 2.62. The monoisotopic (exact) mass is 264 g/mol. The number of fused-ring (bicyclic) bond motifs is 2. The highest BCUT2D eigenvalue weighted by Crippen LogP contribution is 2.66. The maximum atomic E-state index is 9.01. The molecule has 2 saturated carbocycles. The molecule has 0 saturated heterocycles. The zero-order chi connectivity index (χ0) is 14.5. The van der Waals surface area contributed by atoms with Crippen molar-refractivity contribution in [1.82, 2.24) is 0 Å². The Morgan fingerprint density at radius 1 is 1.47 bits per heavy atom. The summed E-state index contributed by atoms with van der Waals surface area (Å²) in [5.74, 6) is 0.787. The van der Waals surface area contributed by atoms with Gasteiger partial charge in [-0.25, -0.2) is 0 Å². The van der Waals surface area contributed by atoms with Crippen LogP contribution in [-0.4, -0.2) is 17.7 Å². The van der Waals surface area contributed by atoms with Crippen LogP contribution < -0.4 is 5.73 Å². The SMILES string of the molecule is CC(CC(C)(N)C#N)OC1CC2CCC1(C)C2(C)C. The highest BCUT2D eigenvalue weighted by atomic mass is 16.5. The van der Waals surface area contributed by atoms with Crippen LogP contribution in [0.15, 0.2) is 0 Å². The van der Waals surface area contributed by atoms with Crippen LogP contribution >= 0.6 is 0 Å². The molecule has 2 rings (SSSR count). The molecule has 3 heteroatoms. The van der Waals surface area contributed by atoms with Gasteiger partial charge in [0.2, 0.25) is 0 Å². The molecule has 0 spiro atoms. The third kappa shape index (κ3) is 2.30. The first-order valence-electron chi connectivity index (χ1n) is 7.48. The lowest BCUT2D eigenvalue weighted by molar-refractivity contribution is -0.0853. The molecular formula is C16H28N2O. The fourth-order valence-corrected chi connectivity index (χ4v) is 4.31. The summed E-state index contributed by atoms with van der Waals surface area (Å²) in [4.78, 5) is 0. The van der Waals surface area contributed by atoms with E-state index in [9.17, 15) is 0 Å². The quantitative estimate of drug-likeness (QED) is 0.848. The summed E-state index contributed by atoms with van der Waals surface area (Å²) >= 11 is 0. The number of hydrogen-bond donors (Lipinski definition) is 1. The number of nitrogens with two attached hydrogens (primary N) is 1. The molecule has 5 atom stereocenters. The summed E-state index contributed by atoms with van der Waals surface area (Å²) < 4.78 is 6.29. The summed E-state index contributed by atoms with van der Waals surface area (Å²) in [6, 6.07) is 2.15. The van der Waals surface area contributed by atoms with Gasteiger partial charge < -0.3 is 10.5 Å². The first kappa shape index (κ1) is 14.8. The van der Waals surface area contributed by atoms with E-state index in [1.54, 1.807) is 6.92 Å². The van der Waals surface area contributed by atoms with Crippen molar-refractivity contribution in [3.05, 3.63) is 0 Å². The number of ether oxygens (including phenoxy) is 1. The van der Waals surface area contributed by atoms with Crippen LogP contribution in [0.3, 0.4) is 0 Å². The Morgan fingerprint density at radius 2 is 2.11 bits per heavy atom.